The van der Waals surface area contributed by atoms with Gasteiger partial charge in [-0.3, -0.25) is 4.79 Å². The molecule has 7 heteroatoms. The first-order valence-electron chi connectivity index (χ1n) is 8.69. The lowest BCUT2D eigenvalue weighted by Crippen LogP contribution is -2.11. The molecular formula is C21H17N5O2. The molecule has 0 saturated carbocycles. The number of para-hydroxylation sites is 1. The fourth-order valence-electron chi connectivity index (χ4n) is 2.64. The number of anilines is 1. The van der Waals surface area contributed by atoms with E-state index in [1.165, 1.54) is 6.33 Å². The lowest BCUT2D eigenvalue weighted by molar-refractivity contribution is 0.102. The van der Waals surface area contributed by atoms with Crippen LogP contribution >= 0.6 is 0 Å². The molecule has 0 aliphatic rings. The Bertz CT molecular complexity index is 1050. The summed E-state index contributed by atoms with van der Waals surface area (Å²) < 4.78 is 7.41. The smallest absolute Gasteiger partial charge is 0.255 e. The Hall–Kier alpha value is -4.00. The quantitative estimate of drug-likeness (QED) is 0.561. The summed E-state index contributed by atoms with van der Waals surface area (Å²) in [6, 6.07) is 24.2. The number of nitrogens with zero attached hydrogens (tertiary/aromatic N) is 4. The van der Waals surface area contributed by atoms with Crippen molar-refractivity contribution in [2.75, 3.05) is 5.32 Å². The lowest BCUT2D eigenvalue weighted by atomic mass is 10.1. The van der Waals surface area contributed by atoms with Crippen LogP contribution in [0.1, 0.15) is 15.9 Å². The van der Waals surface area contributed by atoms with Crippen LogP contribution in [0.15, 0.2) is 85.2 Å². The molecule has 28 heavy (non-hydrogen) atoms. The van der Waals surface area contributed by atoms with E-state index < -0.39 is 0 Å². The molecule has 1 amide bonds. The largest absolute Gasteiger partial charge is 0.489 e. The topological polar surface area (TPSA) is 81.9 Å². The monoisotopic (exact) mass is 371 g/mol. The standard InChI is InChI=1S/C21H17N5O2/c27-21(23-18-5-2-1-3-6-18)17-11-9-16(10-12-17)14-28-20-8-4-7-19(13-20)26-15-22-24-25-26/h1-13,15H,14H2,(H,23,27). The Morgan fingerprint density at radius 2 is 1.79 bits per heavy atom. The van der Waals surface area contributed by atoms with Crippen LogP contribution in [0.3, 0.4) is 0 Å². The molecule has 1 aromatic heterocycles. The second kappa shape index (κ2) is 8.13. The summed E-state index contributed by atoms with van der Waals surface area (Å²) in [5.74, 6) is 0.562. The van der Waals surface area contributed by atoms with E-state index in [0.717, 1.165) is 16.9 Å². The van der Waals surface area contributed by atoms with Gasteiger partial charge in [0, 0.05) is 17.3 Å². The Morgan fingerprint density at radius 1 is 0.964 bits per heavy atom. The highest BCUT2D eigenvalue weighted by atomic mass is 16.5. The minimum absolute atomic E-state index is 0.146. The number of aromatic nitrogens is 4. The van der Waals surface area contributed by atoms with E-state index in [1.807, 2.05) is 66.7 Å². The molecule has 0 saturated heterocycles. The number of tetrazole rings is 1. The van der Waals surface area contributed by atoms with Gasteiger partial charge in [-0.25, -0.2) is 4.68 Å². The van der Waals surface area contributed by atoms with E-state index in [0.29, 0.717) is 17.9 Å². The van der Waals surface area contributed by atoms with Gasteiger partial charge in [0.15, 0.2) is 0 Å². The fraction of sp³-hybridized carbons (Fsp3) is 0.0476. The van der Waals surface area contributed by atoms with Gasteiger partial charge in [0.25, 0.3) is 5.91 Å². The van der Waals surface area contributed by atoms with Gasteiger partial charge in [-0.15, -0.1) is 5.10 Å². The van der Waals surface area contributed by atoms with Crippen molar-refractivity contribution in [3.8, 4) is 11.4 Å². The molecule has 0 aliphatic carbocycles. The van der Waals surface area contributed by atoms with Crippen LogP contribution in [-0.4, -0.2) is 26.1 Å². The molecule has 0 radical (unpaired) electrons. The van der Waals surface area contributed by atoms with Crippen molar-refractivity contribution in [1.29, 1.82) is 0 Å². The van der Waals surface area contributed by atoms with Crippen molar-refractivity contribution < 1.29 is 9.53 Å². The second-order valence-electron chi connectivity index (χ2n) is 6.06. The maximum atomic E-state index is 12.3. The van der Waals surface area contributed by atoms with Gasteiger partial charge < -0.3 is 10.1 Å². The molecule has 1 N–H and O–H groups in total. The number of ether oxygens (including phenoxy) is 1. The SMILES string of the molecule is O=C(Nc1ccccc1)c1ccc(COc2cccc(-n3cnnn3)c2)cc1. The molecule has 0 bridgehead atoms. The predicted octanol–water partition coefficient (Wildman–Crippen LogP) is 3.49. The number of carbonyl (C=O) groups is 1. The van der Waals surface area contributed by atoms with Gasteiger partial charge in [0.2, 0.25) is 0 Å². The Kier molecular flexibility index (Phi) is 5.06. The second-order valence-corrected chi connectivity index (χ2v) is 6.06. The van der Waals surface area contributed by atoms with E-state index >= 15 is 0 Å². The van der Waals surface area contributed by atoms with Crippen LogP contribution < -0.4 is 10.1 Å². The first-order valence-corrected chi connectivity index (χ1v) is 8.69. The normalized spacial score (nSPS) is 10.4. The summed E-state index contributed by atoms with van der Waals surface area (Å²) in [5, 5.41) is 14.0. The zero-order valence-electron chi connectivity index (χ0n) is 14.9. The molecule has 0 fully saturated rings. The average molecular weight is 371 g/mol. The number of rotatable bonds is 6. The molecule has 0 aliphatic heterocycles. The molecule has 0 unspecified atom stereocenters. The lowest BCUT2D eigenvalue weighted by Gasteiger charge is -2.09. The van der Waals surface area contributed by atoms with Crippen molar-refractivity contribution in [3.63, 3.8) is 0 Å². The Labute approximate surface area is 161 Å². The van der Waals surface area contributed by atoms with Gasteiger partial charge in [0.05, 0.1) is 5.69 Å². The summed E-state index contributed by atoms with van der Waals surface area (Å²) in [7, 11) is 0. The summed E-state index contributed by atoms with van der Waals surface area (Å²) in [6.45, 7) is 0.389. The molecule has 4 rings (SSSR count). The maximum Gasteiger partial charge on any atom is 0.255 e. The van der Waals surface area contributed by atoms with E-state index in [9.17, 15) is 4.79 Å². The highest BCUT2D eigenvalue weighted by Gasteiger charge is 2.06. The average Bonchev–Trinajstić information content (AvgIpc) is 3.29. The molecular weight excluding hydrogens is 354 g/mol. The van der Waals surface area contributed by atoms with E-state index in [2.05, 4.69) is 20.8 Å². The third-order valence-corrected chi connectivity index (χ3v) is 4.08. The van der Waals surface area contributed by atoms with Crippen LogP contribution in [0, 0.1) is 0 Å². The van der Waals surface area contributed by atoms with E-state index in [4.69, 9.17) is 4.74 Å². The molecule has 138 valence electrons. The Morgan fingerprint density at radius 3 is 2.54 bits per heavy atom. The minimum atomic E-state index is -0.146. The summed E-state index contributed by atoms with van der Waals surface area (Å²) in [5.41, 5.74) is 3.13. The van der Waals surface area contributed by atoms with Crippen molar-refractivity contribution in [1.82, 2.24) is 20.2 Å². The minimum Gasteiger partial charge on any atom is -0.489 e. The fourth-order valence-corrected chi connectivity index (χ4v) is 2.64. The predicted molar refractivity (Wildman–Crippen MR) is 104 cm³/mol. The zero-order valence-corrected chi connectivity index (χ0v) is 14.9. The molecule has 1 heterocycles. The van der Waals surface area contributed by atoms with Crippen LogP contribution in [0.4, 0.5) is 5.69 Å². The summed E-state index contributed by atoms with van der Waals surface area (Å²) in [6.07, 6.45) is 1.53. The van der Waals surface area contributed by atoms with Gasteiger partial charge in [0.1, 0.15) is 18.7 Å². The van der Waals surface area contributed by atoms with Crippen LogP contribution in [0.5, 0.6) is 5.75 Å². The number of amides is 1. The highest BCUT2D eigenvalue weighted by molar-refractivity contribution is 6.04. The first-order chi connectivity index (χ1) is 13.8. The number of hydrogen-bond donors (Lipinski definition) is 1. The number of nitrogens with one attached hydrogen (secondary N) is 1. The molecule has 7 nitrogen and oxygen atoms in total. The third kappa shape index (κ3) is 4.21. The van der Waals surface area contributed by atoms with Crippen molar-refractivity contribution in [2.24, 2.45) is 0 Å². The van der Waals surface area contributed by atoms with E-state index in [-0.39, 0.29) is 5.91 Å². The van der Waals surface area contributed by atoms with Gasteiger partial charge in [-0.2, -0.15) is 0 Å². The van der Waals surface area contributed by atoms with Crippen molar-refractivity contribution >= 4 is 11.6 Å². The van der Waals surface area contributed by atoms with Crippen molar-refractivity contribution in [2.45, 2.75) is 6.61 Å². The maximum absolute atomic E-state index is 12.3. The number of benzene rings is 3. The third-order valence-electron chi connectivity index (χ3n) is 4.08. The molecule has 3 aromatic carbocycles. The van der Waals surface area contributed by atoms with Gasteiger partial charge >= 0.3 is 0 Å². The van der Waals surface area contributed by atoms with Crippen LogP contribution in [0.2, 0.25) is 0 Å². The summed E-state index contributed by atoms with van der Waals surface area (Å²) >= 11 is 0. The van der Waals surface area contributed by atoms with Crippen LogP contribution in [-0.2, 0) is 6.61 Å². The molecule has 0 atom stereocenters. The summed E-state index contributed by atoms with van der Waals surface area (Å²) in [4.78, 5) is 12.3. The molecule has 0 spiro atoms. The number of hydrogen-bond acceptors (Lipinski definition) is 5. The van der Waals surface area contributed by atoms with Crippen molar-refractivity contribution in [3.05, 3.63) is 96.3 Å². The first kappa shape index (κ1) is 17.4. The van der Waals surface area contributed by atoms with Gasteiger partial charge in [-0.1, -0.05) is 36.4 Å². The highest BCUT2D eigenvalue weighted by Crippen LogP contribution is 2.17. The van der Waals surface area contributed by atoms with Gasteiger partial charge in [-0.05, 0) is 52.4 Å². The van der Waals surface area contributed by atoms with Crippen LogP contribution in [0.25, 0.3) is 5.69 Å². The molecule has 4 aromatic rings. The number of carbonyl (C=O) groups excluding carboxylic acids is 1. The Balaban J connectivity index is 1.37. The van der Waals surface area contributed by atoms with E-state index in [1.54, 1.807) is 16.8 Å². The zero-order chi connectivity index (χ0) is 19.2.